The first-order chi connectivity index (χ1) is 8.85. The summed E-state index contributed by atoms with van der Waals surface area (Å²) < 4.78 is 0. The second kappa shape index (κ2) is 5.53. The average molecular weight is 281 g/mol. The van der Waals surface area contributed by atoms with Crippen LogP contribution in [0.4, 0.5) is 0 Å². The molecule has 0 aromatic carbocycles. The molecule has 1 heterocycles. The van der Waals surface area contributed by atoms with Crippen LogP contribution in [-0.2, 0) is 6.42 Å². The molecule has 0 aliphatic heterocycles. The van der Waals surface area contributed by atoms with Crippen LogP contribution in [-0.4, -0.2) is 15.7 Å². The maximum absolute atomic E-state index is 10.8. The van der Waals surface area contributed by atoms with E-state index in [9.17, 15) is 5.11 Å². The molecule has 0 bridgehead atoms. The molecular formula is C16H27NOS. The predicted molar refractivity (Wildman–Crippen MR) is 81.5 cm³/mol. The number of hydrogen-bond acceptors (Lipinski definition) is 3. The van der Waals surface area contributed by atoms with Gasteiger partial charge in [-0.15, -0.1) is 11.3 Å². The normalized spacial score (nSPS) is 28.6. The maximum atomic E-state index is 10.8. The Labute approximate surface area is 121 Å². The summed E-state index contributed by atoms with van der Waals surface area (Å²) in [6, 6.07) is 0. The third kappa shape index (κ3) is 3.57. The average Bonchev–Trinajstić information content (AvgIpc) is 2.74. The zero-order chi connectivity index (χ0) is 14.1. The summed E-state index contributed by atoms with van der Waals surface area (Å²) in [5, 5.41) is 13.9. The minimum Gasteiger partial charge on any atom is -0.389 e. The SMILES string of the molecule is CCC(C)(C)C1CCC(O)(Cc2csc(C)n2)CC1. The van der Waals surface area contributed by atoms with Gasteiger partial charge in [0.2, 0.25) is 0 Å². The number of nitrogens with zero attached hydrogens (tertiary/aromatic N) is 1. The molecule has 0 atom stereocenters. The molecule has 0 radical (unpaired) electrons. The van der Waals surface area contributed by atoms with Crippen molar-refractivity contribution >= 4 is 11.3 Å². The summed E-state index contributed by atoms with van der Waals surface area (Å²) in [5.41, 5.74) is 0.970. The van der Waals surface area contributed by atoms with E-state index in [0.717, 1.165) is 48.7 Å². The van der Waals surface area contributed by atoms with E-state index in [1.807, 2.05) is 6.92 Å². The lowest BCUT2D eigenvalue weighted by molar-refractivity contribution is -0.0281. The van der Waals surface area contributed by atoms with Gasteiger partial charge in [0, 0.05) is 11.8 Å². The van der Waals surface area contributed by atoms with E-state index < -0.39 is 5.60 Å². The summed E-state index contributed by atoms with van der Waals surface area (Å²) in [6.07, 6.45) is 6.12. The van der Waals surface area contributed by atoms with Gasteiger partial charge in [-0.3, -0.25) is 0 Å². The van der Waals surface area contributed by atoms with Crippen molar-refractivity contribution in [1.82, 2.24) is 4.98 Å². The zero-order valence-electron chi connectivity index (χ0n) is 12.7. The second-order valence-corrected chi connectivity index (χ2v) is 7.94. The predicted octanol–water partition coefficient (Wildman–Crippen LogP) is 4.35. The monoisotopic (exact) mass is 281 g/mol. The van der Waals surface area contributed by atoms with Crippen LogP contribution in [0.1, 0.15) is 63.6 Å². The third-order valence-electron chi connectivity index (χ3n) is 5.11. The fourth-order valence-electron chi connectivity index (χ4n) is 3.23. The Balaban J connectivity index is 1.94. The standard InChI is InChI=1S/C16H27NOS/c1-5-15(3,4)13-6-8-16(18,9-7-13)10-14-11-19-12(2)17-14/h11,13,18H,5-10H2,1-4H3. The van der Waals surface area contributed by atoms with E-state index in [1.165, 1.54) is 6.42 Å². The molecule has 1 fully saturated rings. The Morgan fingerprint density at radius 3 is 2.53 bits per heavy atom. The van der Waals surface area contributed by atoms with E-state index >= 15 is 0 Å². The van der Waals surface area contributed by atoms with Crippen molar-refractivity contribution in [1.29, 1.82) is 0 Å². The van der Waals surface area contributed by atoms with Gasteiger partial charge < -0.3 is 5.11 Å². The van der Waals surface area contributed by atoms with Crippen molar-refractivity contribution in [3.05, 3.63) is 16.1 Å². The van der Waals surface area contributed by atoms with E-state index in [1.54, 1.807) is 11.3 Å². The summed E-state index contributed by atoms with van der Waals surface area (Å²) >= 11 is 1.68. The van der Waals surface area contributed by atoms with Crippen molar-refractivity contribution in [2.24, 2.45) is 11.3 Å². The van der Waals surface area contributed by atoms with Crippen LogP contribution >= 0.6 is 11.3 Å². The Bertz CT molecular complexity index is 416. The minimum absolute atomic E-state index is 0.415. The Hall–Kier alpha value is -0.410. The molecule has 1 aromatic heterocycles. The van der Waals surface area contributed by atoms with Crippen LogP contribution in [0, 0.1) is 18.3 Å². The second-order valence-electron chi connectivity index (χ2n) is 6.88. The van der Waals surface area contributed by atoms with Gasteiger partial charge >= 0.3 is 0 Å². The Morgan fingerprint density at radius 2 is 2.05 bits per heavy atom. The highest BCUT2D eigenvalue weighted by atomic mass is 32.1. The van der Waals surface area contributed by atoms with Gasteiger partial charge in [0.05, 0.1) is 16.3 Å². The van der Waals surface area contributed by atoms with Crippen LogP contribution in [0.2, 0.25) is 0 Å². The van der Waals surface area contributed by atoms with Crippen LogP contribution in [0.25, 0.3) is 0 Å². The number of aromatic nitrogens is 1. The van der Waals surface area contributed by atoms with Gasteiger partial charge in [-0.1, -0.05) is 27.2 Å². The summed E-state index contributed by atoms with van der Waals surface area (Å²) in [6.45, 7) is 9.04. The zero-order valence-corrected chi connectivity index (χ0v) is 13.5. The summed E-state index contributed by atoms with van der Waals surface area (Å²) in [5.74, 6) is 0.759. The molecule has 1 aliphatic carbocycles. The molecule has 0 amide bonds. The lowest BCUT2D eigenvalue weighted by atomic mass is 9.66. The molecule has 2 nitrogen and oxygen atoms in total. The molecule has 1 aromatic rings. The lowest BCUT2D eigenvalue weighted by Gasteiger charge is -2.42. The number of thiazole rings is 1. The highest BCUT2D eigenvalue weighted by Gasteiger charge is 2.38. The van der Waals surface area contributed by atoms with E-state index in [0.29, 0.717) is 5.41 Å². The molecule has 1 N–H and O–H groups in total. The van der Waals surface area contributed by atoms with Crippen LogP contribution in [0.15, 0.2) is 5.38 Å². The van der Waals surface area contributed by atoms with Gasteiger partial charge in [0.25, 0.3) is 0 Å². The van der Waals surface area contributed by atoms with E-state index in [2.05, 4.69) is 31.1 Å². The molecule has 1 aliphatic rings. The first-order valence-electron chi connectivity index (χ1n) is 7.48. The van der Waals surface area contributed by atoms with Crippen molar-refractivity contribution in [2.75, 3.05) is 0 Å². The highest BCUT2D eigenvalue weighted by Crippen LogP contribution is 2.44. The molecule has 1 saturated carbocycles. The van der Waals surface area contributed by atoms with Crippen LogP contribution in [0.5, 0.6) is 0 Å². The Morgan fingerprint density at radius 1 is 1.42 bits per heavy atom. The van der Waals surface area contributed by atoms with Crippen molar-refractivity contribution in [3.63, 3.8) is 0 Å². The number of hydrogen-bond donors (Lipinski definition) is 1. The van der Waals surface area contributed by atoms with Crippen molar-refractivity contribution in [3.8, 4) is 0 Å². The topological polar surface area (TPSA) is 33.1 Å². The molecule has 108 valence electrons. The first-order valence-corrected chi connectivity index (χ1v) is 8.36. The molecule has 0 saturated heterocycles. The molecular weight excluding hydrogens is 254 g/mol. The Kier molecular flexibility index (Phi) is 4.36. The largest absolute Gasteiger partial charge is 0.389 e. The van der Waals surface area contributed by atoms with Crippen molar-refractivity contribution < 1.29 is 5.11 Å². The number of aliphatic hydroxyl groups is 1. The maximum Gasteiger partial charge on any atom is 0.0897 e. The van der Waals surface area contributed by atoms with Crippen LogP contribution in [0.3, 0.4) is 0 Å². The summed E-state index contributed by atoms with van der Waals surface area (Å²) in [7, 11) is 0. The van der Waals surface area contributed by atoms with E-state index in [-0.39, 0.29) is 0 Å². The molecule has 0 unspecified atom stereocenters. The highest BCUT2D eigenvalue weighted by molar-refractivity contribution is 7.09. The quantitative estimate of drug-likeness (QED) is 0.890. The van der Waals surface area contributed by atoms with E-state index in [4.69, 9.17) is 0 Å². The third-order valence-corrected chi connectivity index (χ3v) is 5.93. The molecule has 19 heavy (non-hydrogen) atoms. The molecule has 2 rings (SSSR count). The minimum atomic E-state index is -0.513. The summed E-state index contributed by atoms with van der Waals surface area (Å²) in [4.78, 5) is 4.49. The van der Waals surface area contributed by atoms with Crippen molar-refractivity contribution in [2.45, 2.75) is 71.8 Å². The molecule has 0 spiro atoms. The first kappa shape index (κ1) is 15.0. The fourth-order valence-corrected chi connectivity index (χ4v) is 3.84. The van der Waals surface area contributed by atoms with Gasteiger partial charge in [-0.25, -0.2) is 4.98 Å². The van der Waals surface area contributed by atoms with Gasteiger partial charge in [-0.05, 0) is 43.9 Å². The number of rotatable bonds is 4. The van der Waals surface area contributed by atoms with Crippen LogP contribution < -0.4 is 0 Å². The fraction of sp³-hybridized carbons (Fsp3) is 0.812. The van der Waals surface area contributed by atoms with Gasteiger partial charge in [-0.2, -0.15) is 0 Å². The molecule has 3 heteroatoms. The number of aryl methyl sites for hydroxylation is 1. The van der Waals surface area contributed by atoms with Gasteiger partial charge in [0.1, 0.15) is 0 Å². The lowest BCUT2D eigenvalue weighted by Crippen LogP contribution is -2.39. The van der Waals surface area contributed by atoms with Gasteiger partial charge in [0.15, 0.2) is 0 Å². The smallest absolute Gasteiger partial charge is 0.0897 e.